The number of likely N-dealkylation sites (tertiary alicyclic amines) is 1. The highest BCUT2D eigenvalue weighted by molar-refractivity contribution is 7.78. The summed E-state index contributed by atoms with van der Waals surface area (Å²) in [6.07, 6.45) is 0.895. The molecule has 1 fully saturated rings. The summed E-state index contributed by atoms with van der Waals surface area (Å²) in [6, 6.07) is 21.3. The summed E-state index contributed by atoms with van der Waals surface area (Å²) in [5.41, 5.74) is 5.60. The van der Waals surface area contributed by atoms with Gasteiger partial charge in [0.05, 0.1) is 5.75 Å². The molecule has 2 aliphatic heterocycles. The molecule has 0 aliphatic carbocycles. The Morgan fingerprint density at radius 1 is 1.11 bits per heavy atom. The Hall–Kier alpha value is -3.13. The largest absolute Gasteiger partial charge is 0.508 e. The number of aromatic hydroxyl groups is 1. The molecule has 2 heterocycles. The van der Waals surface area contributed by atoms with E-state index in [4.69, 9.17) is 9.47 Å². The van der Waals surface area contributed by atoms with Crippen molar-refractivity contribution in [2.24, 2.45) is 5.92 Å². The van der Waals surface area contributed by atoms with Gasteiger partial charge in [0.25, 0.3) is 0 Å². The Kier molecular flexibility index (Phi) is 7.88. The second kappa shape index (κ2) is 11.3. The highest BCUT2D eigenvalue weighted by Crippen LogP contribution is 2.47. The minimum absolute atomic E-state index is 0.0891. The van der Waals surface area contributed by atoms with Crippen LogP contribution in [0.4, 0.5) is 0 Å². The fraction of sp³-hybridized carbons (Fsp3) is 0.355. The summed E-state index contributed by atoms with van der Waals surface area (Å²) < 4.78 is 33.2. The van der Waals surface area contributed by atoms with Crippen LogP contribution in [0.1, 0.15) is 55.5 Å². The van der Waals surface area contributed by atoms with Crippen molar-refractivity contribution < 1.29 is 23.3 Å². The molecule has 2 N–H and O–H groups in total. The third-order valence-electron chi connectivity index (χ3n) is 7.59. The molecule has 6 nitrogen and oxygen atoms in total. The van der Waals surface area contributed by atoms with Crippen LogP contribution in [0.2, 0.25) is 0 Å². The van der Waals surface area contributed by atoms with E-state index in [0.29, 0.717) is 12.6 Å². The standard InChI is InChI=1S/C31H35NO5S/c1-20-14-15-32(17-20)21(2)18-36-27-11-8-25(9-12-27)31-30(24-6-4-23(5-7-24)19-38(34)35)22(3)28-16-26(33)10-13-29(28)37-31/h4-13,16,20-21,31,33H,14-15,17-19H2,1-3H3,(H,34,35). The van der Waals surface area contributed by atoms with Crippen molar-refractivity contribution in [3.63, 3.8) is 0 Å². The maximum atomic E-state index is 11.3. The highest BCUT2D eigenvalue weighted by Gasteiger charge is 2.30. The molecule has 0 bridgehead atoms. The Morgan fingerprint density at radius 2 is 1.84 bits per heavy atom. The van der Waals surface area contributed by atoms with Crippen LogP contribution in [0, 0.1) is 5.92 Å². The fourth-order valence-electron chi connectivity index (χ4n) is 5.40. The summed E-state index contributed by atoms with van der Waals surface area (Å²) in [5, 5.41) is 10.1. The third kappa shape index (κ3) is 5.80. The zero-order valence-electron chi connectivity index (χ0n) is 22.1. The van der Waals surface area contributed by atoms with Crippen molar-refractivity contribution in [3.05, 3.63) is 89.0 Å². The molecule has 0 radical (unpaired) electrons. The van der Waals surface area contributed by atoms with E-state index in [1.165, 1.54) is 6.42 Å². The van der Waals surface area contributed by atoms with Gasteiger partial charge in [-0.05, 0) is 85.3 Å². The lowest BCUT2D eigenvalue weighted by Crippen LogP contribution is -2.35. The Bertz CT molecular complexity index is 1340. The molecule has 4 unspecified atom stereocenters. The molecule has 3 aromatic rings. The molecular formula is C31H35NO5S. The molecule has 1 saturated heterocycles. The summed E-state index contributed by atoms with van der Waals surface area (Å²) in [7, 11) is 0. The number of hydrogen-bond acceptors (Lipinski definition) is 5. The molecule has 7 heteroatoms. The number of fused-ring (bicyclic) bond motifs is 1. The zero-order valence-corrected chi connectivity index (χ0v) is 22.9. The van der Waals surface area contributed by atoms with E-state index in [1.54, 1.807) is 18.2 Å². The first kappa shape index (κ1) is 26.5. The predicted octanol–water partition coefficient (Wildman–Crippen LogP) is 6.29. The van der Waals surface area contributed by atoms with E-state index in [-0.39, 0.29) is 17.6 Å². The molecule has 200 valence electrons. The van der Waals surface area contributed by atoms with Crippen LogP contribution in [0.3, 0.4) is 0 Å². The van der Waals surface area contributed by atoms with Gasteiger partial charge in [0, 0.05) is 23.7 Å². The summed E-state index contributed by atoms with van der Waals surface area (Å²) in [6.45, 7) is 9.49. The number of allylic oxidation sites excluding steroid dienone is 1. The van der Waals surface area contributed by atoms with Gasteiger partial charge in [0.15, 0.2) is 11.1 Å². The van der Waals surface area contributed by atoms with Crippen LogP contribution in [0.15, 0.2) is 66.7 Å². The lowest BCUT2D eigenvalue weighted by atomic mass is 9.86. The summed E-state index contributed by atoms with van der Waals surface area (Å²) >= 11 is -1.89. The van der Waals surface area contributed by atoms with Gasteiger partial charge in [0.1, 0.15) is 30.0 Å². The van der Waals surface area contributed by atoms with Gasteiger partial charge < -0.3 is 19.1 Å². The minimum atomic E-state index is -1.89. The van der Waals surface area contributed by atoms with E-state index in [0.717, 1.165) is 63.9 Å². The SMILES string of the molecule is CC1=C(c2ccc(CS(=O)O)cc2)C(c2ccc(OCC(C)N3CCC(C)C3)cc2)Oc2ccc(O)cc21. The number of ether oxygens (including phenoxy) is 2. The molecule has 2 aliphatic rings. The molecule has 0 spiro atoms. The highest BCUT2D eigenvalue weighted by atomic mass is 32.2. The maximum Gasteiger partial charge on any atom is 0.157 e. The first-order chi connectivity index (χ1) is 18.3. The average molecular weight is 534 g/mol. The van der Waals surface area contributed by atoms with Gasteiger partial charge in [-0.25, -0.2) is 4.21 Å². The lowest BCUT2D eigenvalue weighted by Gasteiger charge is -2.31. The maximum absolute atomic E-state index is 11.3. The number of rotatable bonds is 8. The first-order valence-electron chi connectivity index (χ1n) is 13.1. The monoisotopic (exact) mass is 533 g/mol. The molecule has 3 aromatic carbocycles. The molecule has 0 aromatic heterocycles. The first-order valence-corrected chi connectivity index (χ1v) is 14.4. The van der Waals surface area contributed by atoms with Crippen LogP contribution in [-0.2, 0) is 16.8 Å². The number of phenolic OH excluding ortho intramolecular Hbond substituents is 1. The molecule has 0 amide bonds. The Morgan fingerprint density at radius 3 is 2.50 bits per heavy atom. The number of nitrogens with zero attached hydrogens (tertiary/aromatic N) is 1. The second-order valence-corrected chi connectivity index (χ2v) is 11.4. The fourth-order valence-corrected chi connectivity index (χ4v) is 5.88. The van der Waals surface area contributed by atoms with Crippen LogP contribution in [0.5, 0.6) is 17.2 Å². The van der Waals surface area contributed by atoms with Crippen molar-refractivity contribution in [3.8, 4) is 17.2 Å². The summed E-state index contributed by atoms with van der Waals surface area (Å²) in [4.78, 5) is 2.49. The summed E-state index contributed by atoms with van der Waals surface area (Å²) in [5.74, 6) is 2.57. The molecule has 0 saturated carbocycles. The lowest BCUT2D eigenvalue weighted by molar-refractivity contribution is 0.169. The van der Waals surface area contributed by atoms with Crippen molar-refractivity contribution >= 4 is 22.2 Å². The van der Waals surface area contributed by atoms with Crippen molar-refractivity contribution in [2.75, 3.05) is 19.7 Å². The van der Waals surface area contributed by atoms with Crippen molar-refractivity contribution in [1.82, 2.24) is 4.90 Å². The quantitative estimate of drug-likeness (QED) is 0.332. The topological polar surface area (TPSA) is 79.2 Å². The van der Waals surface area contributed by atoms with Gasteiger partial charge in [-0.15, -0.1) is 0 Å². The molecule has 5 rings (SSSR count). The van der Waals surface area contributed by atoms with Gasteiger partial charge >= 0.3 is 0 Å². The number of hydrogen-bond donors (Lipinski definition) is 2. The Labute approximate surface area is 227 Å². The average Bonchev–Trinajstić information content (AvgIpc) is 3.34. The van der Waals surface area contributed by atoms with Gasteiger partial charge in [-0.3, -0.25) is 4.90 Å². The van der Waals surface area contributed by atoms with Gasteiger partial charge in [-0.1, -0.05) is 43.3 Å². The van der Waals surface area contributed by atoms with Crippen molar-refractivity contribution in [1.29, 1.82) is 0 Å². The molecule has 4 atom stereocenters. The van der Waals surface area contributed by atoms with E-state index in [9.17, 15) is 13.9 Å². The van der Waals surface area contributed by atoms with Gasteiger partial charge in [-0.2, -0.15) is 0 Å². The predicted molar refractivity (Wildman–Crippen MR) is 152 cm³/mol. The third-order valence-corrected chi connectivity index (χ3v) is 8.17. The smallest absolute Gasteiger partial charge is 0.157 e. The van der Waals surface area contributed by atoms with Crippen molar-refractivity contribution in [2.45, 2.75) is 45.1 Å². The van der Waals surface area contributed by atoms with E-state index in [1.807, 2.05) is 55.5 Å². The van der Waals surface area contributed by atoms with E-state index >= 15 is 0 Å². The molecular weight excluding hydrogens is 498 g/mol. The zero-order chi connectivity index (χ0) is 26.8. The molecule has 38 heavy (non-hydrogen) atoms. The second-order valence-electron chi connectivity index (χ2n) is 10.5. The van der Waals surface area contributed by atoms with E-state index in [2.05, 4.69) is 18.7 Å². The van der Waals surface area contributed by atoms with Crippen LogP contribution >= 0.6 is 0 Å². The normalized spacial score (nSPS) is 21.1. The van der Waals surface area contributed by atoms with Crippen LogP contribution in [-0.4, -0.2) is 44.5 Å². The number of phenols is 1. The van der Waals surface area contributed by atoms with Crippen LogP contribution < -0.4 is 9.47 Å². The Balaban J connectivity index is 1.40. The minimum Gasteiger partial charge on any atom is -0.508 e. The van der Waals surface area contributed by atoms with E-state index < -0.39 is 11.1 Å². The van der Waals surface area contributed by atoms with Crippen LogP contribution in [0.25, 0.3) is 11.1 Å². The number of benzene rings is 3. The van der Waals surface area contributed by atoms with Gasteiger partial charge in [0.2, 0.25) is 0 Å².